The highest BCUT2D eigenvalue weighted by Gasteiger charge is 2.05. The van der Waals surface area contributed by atoms with Crippen molar-refractivity contribution in [2.45, 2.75) is 26.6 Å². The minimum absolute atomic E-state index is 0.0399. The number of anilines is 1. The van der Waals surface area contributed by atoms with Crippen LogP contribution in [0.15, 0.2) is 35.7 Å². The standard InChI is InChI=1S/C16H20N2O2S/c1-12(19)18-15-6-7-21-16(15)10-17-9-13-4-3-5-14(8-13)11-20-2/h3-8,17H,9-11H2,1-2H3,(H,18,19). The third kappa shape index (κ3) is 4.97. The summed E-state index contributed by atoms with van der Waals surface area (Å²) in [6.07, 6.45) is 0. The third-order valence-electron chi connectivity index (χ3n) is 2.97. The van der Waals surface area contributed by atoms with Gasteiger partial charge in [0, 0.05) is 32.0 Å². The Labute approximate surface area is 129 Å². The summed E-state index contributed by atoms with van der Waals surface area (Å²) in [5, 5.41) is 8.24. The van der Waals surface area contributed by atoms with Crippen LogP contribution in [0.5, 0.6) is 0 Å². The van der Waals surface area contributed by atoms with Crippen molar-refractivity contribution >= 4 is 22.9 Å². The lowest BCUT2D eigenvalue weighted by Crippen LogP contribution is -2.14. The number of benzene rings is 1. The molecule has 1 amide bonds. The molecule has 0 radical (unpaired) electrons. The molecule has 2 aromatic rings. The van der Waals surface area contributed by atoms with Gasteiger partial charge in [-0.15, -0.1) is 11.3 Å². The fourth-order valence-electron chi connectivity index (χ4n) is 2.09. The molecule has 4 nitrogen and oxygen atoms in total. The maximum atomic E-state index is 11.1. The lowest BCUT2D eigenvalue weighted by atomic mass is 10.1. The van der Waals surface area contributed by atoms with E-state index in [-0.39, 0.29) is 5.91 Å². The fourth-order valence-corrected chi connectivity index (χ4v) is 2.89. The number of hydrogen-bond donors (Lipinski definition) is 2. The Hall–Kier alpha value is -1.69. The van der Waals surface area contributed by atoms with Gasteiger partial charge in [-0.05, 0) is 22.6 Å². The maximum absolute atomic E-state index is 11.1. The monoisotopic (exact) mass is 304 g/mol. The van der Waals surface area contributed by atoms with E-state index in [4.69, 9.17) is 4.74 Å². The quantitative estimate of drug-likeness (QED) is 0.826. The predicted octanol–water partition coefficient (Wildman–Crippen LogP) is 3.14. The molecule has 5 heteroatoms. The fraction of sp³-hybridized carbons (Fsp3) is 0.312. The second-order valence-corrected chi connectivity index (χ2v) is 5.80. The molecule has 0 bridgehead atoms. The summed E-state index contributed by atoms with van der Waals surface area (Å²) in [7, 11) is 1.70. The first kappa shape index (κ1) is 15.7. The Bertz CT molecular complexity index is 595. The van der Waals surface area contributed by atoms with Gasteiger partial charge in [0.2, 0.25) is 5.91 Å². The van der Waals surface area contributed by atoms with Crippen LogP contribution in [-0.2, 0) is 29.2 Å². The summed E-state index contributed by atoms with van der Waals surface area (Å²) >= 11 is 1.64. The van der Waals surface area contributed by atoms with Crippen LogP contribution in [0.2, 0.25) is 0 Å². The minimum atomic E-state index is -0.0399. The van der Waals surface area contributed by atoms with Crippen LogP contribution in [0.4, 0.5) is 5.69 Å². The molecule has 112 valence electrons. The molecule has 2 rings (SSSR count). The van der Waals surface area contributed by atoms with Crippen molar-refractivity contribution in [1.29, 1.82) is 0 Å². The molecule has 2 N–H and O–H groups in total. The maximum Gasteiger partial charge on any atom is 0.221 e. The first-order valence-electron chi connectivity index (χ1n) is 6.80. The Balaban J connectivity index is 1.88. The van der Waals surface area contributed by atoms with E-state index < -0.39 is 0 Å². The third-order valence-corrected chi connectivity index (χ3v) is 3.89. The van der Waals surface area contributed by atoms with Crippen LogP contribution in [-0.4, -0.2) is 13.0 Å². The number of amides is 1. The molecule has 0 fully saturated rings. The van der Waals surface area contributed by atoms with Crippen molar-refractivity contribution in [2.75, 3.05) is 12.4 Å². The lowest BCUT2D eigenvalue weighted by Gasteiger charge is -2.08. The number of ether oxygens (including phenoxy) is 1. The molecule has 0 unspecified atom stereocenters. The smallest absolute Gasteiger partial charge is 0.221 e. The molecule has 1 heterocycles. The number of methoxy groups -OCH3 is 1. The number of carbonyl (C=O) groups is 1. The molecular weight excluding hydrogens is 284 g/mol. The molecule has 21 heavy (non-hydrogen) atoms. The van der Waals surface area contributed by atoms with E-state index in [0.29, 0.717) is 6.61 Å². The van der Waals surface area contributed by atoms with Crippen LogP contribution in [0.3, 0.4) is 0 Å². The molecule has 0 spiro atoms. The Morgan fingerprint density at radius 3 is 2.81 bits per heavy atom. The number of nitrogens with one attached hydrogen (secondary N) is 2. The van der Waals surface area contributed by atoms with Gasteiger partial charge >= 0.3 is 0 Å². The normalized spacial score (nSPS) is 10.6. The van der Waals surface area contributed by atoms with Crippen LogP contribution in [0, 0.1) is 0 Å². The van der Waals surface area contributed by atoms with Gasteiger partial charge in [-0.1, -0.05) is 24.3 Å². The summed E-state index contributed by atoms with van der Waals surface area (Å²) in [6.45, 7) is 3.68. The molecule has 0 aliphatic heterocycles. The van der Waals surface area contributed by atoms with Crippen LogP contribution in [0.1, 0.15) is 22.9 Å². The highest BCUT2D eigenvalue weighted by Crippen LogP contribution is 2.22. The van der Waals surface area contributed by atoms with E-state index in [1.807, 2.05) is 17.5 Å². The lowest BCUT2D eigenvalue weighted by molar-refractivity contribution is -0.114. The molecule has 0 aliphatic rings. The van der Waals surface area contributed by atoms with Crippen molar-refractivity contribution in [1.82, 2.24) is 5.32 Å². The van der Waals surface area contributed by atoms with Crippen LogP contribution >= 0.6 is 11.3 Å². The van der Waals surface area contributed by atoms with Gasteiger partial charge < -0.3 is 15.4 Å². The first-order valence-corrected chi connectivity index (χ1v) is 7.68. The topological polar surface area (TPSA) is 50.4 Å². The van der Waals surface area contributed by atoms with Crippen molar-refractivity contribution in [3.8, 4) is 0 Å². The van der Waals surface area contributed by atoms with Crippen molar-refractivity contribution in [2.24, 2.45) is 0 Å². The van der Waals surface area contributed by atoms with E-state index in [1.54, 1.807) is 18.4 Å². The summed E-state index contributed by atoms with van der Waals surface area (Å²) in [6, 6.07) is 10.3. The molecule has 0 saturated heterocycles. The summed E-state index contributed by atoms with van der Waals surface area (Å²) in [5.74, 6) is -0.0399. The average Bonchev–Trinajstić information content (AvgIpc) is 2.86. The van der Waals surface area contributed by atoms with Crippen LogP contribution in [0.25, 0.3) is 0 Å². The van der Waals surface area contributed by atoms with Gasteiger partial charge in [-0.25, -0.2) is 0 Å². The molecule has 1 aromatic heterocycles. The van der Waals surface area contributed by atoms with E-state index in [9.17, 15) is 4.79 Å². The number of rotatable bonds is 7. The average molecular weight is 304 g/mol. The summed E-state index contributed by atoms with van der Waals surface area (Å²) in [4.78, 5) is 12.3. The molecule has 0 atom stereocenters. The van der Waals surface area contributed by atoms with E-state index in [1.165, 1.54) is 18.1 Å². The molecule has 1 aromatic carbocycles. The SMILES string of the molecule is COCc1cccc(CNCc2sccc2NC(C)=O)c1. The number of carbonyl (C=O) groups excluding carboxylic acids is 1. The zero-order valence-electron chi connectivity index (χ0n) is 12.3. The molecule has 0 aliphatic carbocycles. The van der Waals surface area contributed by atoms with Gasteiger partial charge in [-0.3, -0.25) is 4.79 Å². The van der Waals surface area contributed by atoms with Crippen molar-refractivity contribution in [3.05, 3.63) is 51.7 Å². The minimum Gasteiger partial charge on any atom is -0.380 e. The van der Waals surface area contributed by atoms with E-state index in [0.717, 1.165) is 23.7 Å². The van der Waals surface area contributed by atoms with Gasteiger partial charge in [0.05, 0.1) is 12.3 Å². The first-order chi connectivity index (χ1) is 10.2. The van der Waals surface area contributed by atoms with Gasteiger partial charge in [0.1, 0.15) is 0 Å². The van der Waals surface area contributed by atoms with Gasteiger partial charge in [0.25, 0.3) is 0 Å². The second-order valence-electron chi connectivity index (χ2n) is 4.80. The summed E-state index contributed by atoms with van der Waals surface area (Å²) in [5.41, 5.74) is 3.29. The Morgan fingerprint density at radius 2 is 2.05 bits per heavy atom. The highest BCUT2D eigenvalue weighted by atomic mass is 32.1. The van der Waals surface area contributed by atoms with Gasteiger partial charge in [0.15, 0.2) is 0 Å². The molecular formula is C16H20N2O2S. The van der Waals surface area contributed by atoms with Crippen molar-refractivity contribution in [3.63, 3.8) is 0 Å². The summed E-state index contributed by atoms with van der Waals surface area (Å²) < 4.78 is 5.14. The van der Waals surface area contributed by atoms with Crippen molar-refractivity contribution < 1.29 is 9.53 Å². The highest BCUT2D eigenvalue weighted by molar-refractivity contribution is 7.10. The van der Waals surface area contributed by atoms with E-state index in [2.05, 4.69) is 28.8 Å². The molecule has 0 saturated carbocycles. The van der Waals surface area contributed by atoms with Gasteiger partial charge in [-0.2, -0.15) is 0 Å². The second kappa shape index (κ2) is 7.93. The van der Waals surface area contributed by atoms with Crippen LogP contribution < -0.4 is 10.6 Å². The van der Waals surface area contributed by atoms with E-state index >= 15 is 0 Å². The largest absolute Gasteiger partial charge is 0.380 e. The number of thiophene rings is 1. The Kier molecular flexibility index (Phi) is 5.92. The Morgan fingerprint density at radius 1 is 1.24 bits per heavy atom. The predicted molar refractivity (Wildman–Crippen MR) is 86.3 cm³/mol. The zero-order valence-corrected chi connectivity index (χ0v) is 13.1. The number of hydrogen-bond acceptors (Lipinski definition) is 4. The zero-order chi connectivity index (χ0) is 15.1.